The molecule has 0 saturated heterocycles. The summed E-state index contributed by atoms with van der Waals surface area (Å²) in [4.78, 5) is 0. The van der Waals surface area contributed by atoms with Gasteiger partial charge in [-0.25, -0.2) is 8.78 Å². The van der Waals surface area contributed by atoms with Gasteiger partial charge in [0.05, 0.1) is 12.5 Å². The van der Waals surface area contributed by atoms with Crippen LogP contribution >= 0.6 is 11.6 Å². The van der Waals surface area contributed by atoms with Gasteiger partial charge in [-0.05, 0) is 24.6 Å². The lowest BCUT2D eigenvalue weighted by molar-refractivity contribution is 0.359. The largest absolute Gasteiger partial charge is 0.491 e. The van der Waals surface area contributed by atoms with Crippen LogP contribution in [0.3, 0.4) is 0 Å². The Morgan fingerprint density at radius 3 is 2.08 bits per heavy atom. The Kier molecular flexibility index (Phi) is 3.09. The third-order valence-electron chi connectivity index (χ3n) is 1.68. The van der Waals surface area contributed by atoms with Gasteiger partial charge in [-0.3, -0.25) is 0 Å². The lowest BCUT2D eigenvalue weighted by Crippen LogP contribution is -1.95. The minimum atomic E-state index is -0.731. The normalized spacial score (nSPS) is 12.7. The summed E-state index contributed by atoms with van der Waals surface area (Å²) in [5.41, 5.74) is 0.400. The van der Waals surface area contributed by atoms with E-state index in [9.17, 15) is 8.78 Å². The average Bonchev–Trinajstić information content (AvgIpc) is 2.03. The molecule has 1 aromatic carbocycles. The molecular formula is C9H9ClF2O. The molecule has 0 aliphatic heterocycles. The molecule has 1 atom stereocenters. The summed E-state index contributed by atoms with van der Waals surface area (Å²) >= 11 is 5.67. The second-order valence-electron chi connectivity index (χ2n) is 2.63. The van der Waals surface area contributed by atoms with E-state index in [1.165, 1.54) is 19.2 Å². The molecule has 1 nitrogen and oxygen atoms in total. The molecular weight excluding hydrogens is 198 g/mol. The van der Waals surface area contributed by atoms with Crippen LogP contribution in [-0.4, -0.2) is 7.11 Å². The second kappa shape index (κ2) is 3.92. The molecule has 0 N–H and O–H groups in total. The molecule has 0 bridgehead atoms. The van der Waals surface area contributed by atoms with Gasteiger partial charge in [0.1, 0.15) is 0 Å². The van der Waals surface area contributed by atoms with Crippen molar-refractivity contribution in [3.8, 4) is 5.75 Å². The number of methoxy groups -OCH3 is 1. The first-order valence-electron chi connectivity index (χ1n) is 3.73. The summed E-state index contributed by atoms with van der Waals surface area (Å²) < 4.78 is 30.6. The van der Waals surface area contributed by atoms with Crippen molar-refractivity contribution in [2.45, 2.75) is 12.3 Å². The van der Waals surface area contributed by atoms with E-state index < -0.39 is 17.0 Å². The topological polar surface area (TPSA) is 9.23 Å². The molecule has 4 heteroatoms. The zero-order valence-corrected chi connectivity index (χ0v) is 8.03. The van der Waals surface area contributed by atoms with Crippen molar-refractivity contribution in [3.63, 3.8) is 0 Å². The standard InChI is InChI=1S/C9H9ClF2O/c1-5(10)6-3-7(11)9(13-2)8(12)4-6/h3-5H,1-2H3. The van der Waals surface area contributed by atoms with E-state index in [0.29, 0.717) is 5.56 Å². The first-order valence-corrected chi connectivity index (χ1v) is 4.17. The van der Waals surface area contributed by atoms with Crippen LogP contribution in [0.4, 0.5) is 8.78 Å². The van der Waals surface area contributed by atoms with Gasteiger partial charge < -0.3 is 4.74 Å². The van der Waals surface area contributed by atoms with Gasteiger partial charge >= 0.3 is 0 Å². The SMILES string of the molecule is COc1c(F)cc(C(C)Cl)cc1F. The number of rotatable bonds is 2. The molecule has 0 spiro atoms. The second-order valence-corrected chi connectivity index (χ2v) is 3.29. The summed E-state index contributed by atoms with van der Waals surface area (Å²) in [5.74, 6) is -1.84. The molecule has 72 valence electrons. The fourth-order valence-electron chi connectivity index (χ4n) is 1.00. The van der Waals surface area contributed by atoms with Gasteiger partial charge in [0.2, 0.25) is 0 Å². The van der Waals surface area contributed by atoms with Crippen molar-refractivity contribution in [1.29, 1.82) is 0 Å². The van der Waals surface area contributed by atoms with Gasteiger partial charge in [-0.1, -0.05) is 0 Å². The van der Waals surface area contributed by atoms with Gasteiger partial charge in [-0.2, -0.15) is 0 Å². The van der Waals surface area contributed by atoms with Crippen molar-refractivity contribution in [3.05, 3.63) is 29.3 Å². The number of alkyl halides is 1. The van der Waals surface area contributed by atoms with Crippen LogP contribution in [0, 0.1) is 11.6 Å². The van der Waals surface area contributed by atoms with Crippen molar-refractivity contribution < 1.29 is 13.5 Å². The molecule has 0 amide bonds. The van der Waals surface area contributed by atoms with Crippen LogP contribution in [0.5, 0.6) is 5.75 Å². The molecule has 0 aliphatic carbocycles. The zero-order valence-electron chi connectivity index (χ0n) is 7.27. The van der Waals surface area contributed by atoms with Crippen molar-refractivity contribution in [2.24, 2.45) is 0 Å². The highest BCUT2D eigenvalue weighted by atomic mass is 35.5. The summed E-state index contributed by atoms with van der Waals surface area (Å²) in [6.07, 6.45) is 0. The number of halogens is 3. The molecule has 13 heavy (non-hydrogen) atoms. The highest BCUT2D eigenvalue weighted by molar-refractivity contribution is 6.20. The Balaban J connectivity index is 3.20. The summed E-state index contributed by atoms with van der Waals surface area (Å²) in [6.45, 7) is 1.64. The smallest absolute Gasteiger partial charge is 0.190 e. The lowest BCUT2D eigenvalue weighted by atomic mass is 10.1. The predicted molar refractivity (Wildman–Crippen MR) is 47.2 cm³/mol. The Hall–Kier alpha value is -0.830. The van der Waals surface area contributed by atoms with E-state index in [2.05, 4.69) is 4.74 Å². The van der Waals surface area contributed by atoms with Gasteiger partial charge in [0, 0.05) is 0 Å². The van der Waals surface area contributed by atoms with E-state index in [1.807, 2.05) is 0 Å². The molecule has 1 unspecified atom stereocenters. The fraction of sp³-hybridized carbons (Fsp3) is 0.333. The Labute approximate surface area is 80.3 Å². The molecule has 0 saturated carbocycles. The monoisotopic (exact) mass is 206 g/mol. The van der Waals surface area contributed by atoms with E-state index in [-0.39, 0.29) is 5.75 Å². The van der Waals surface area contributed by atoms with Crippen LogP contribution in [0.1, 0.15) is 17.9 Å². The van der Waals surface area contributed by atoms with Crippen LogP contribution in [0.25, 0.3) is 0 Å². The molecule has 0 heterocycles. The maximum atomic E-state index is 13.0. The number of hydrogen-bond acceptors (Lipinski definition) is 1. The van der Waals surface area contributed by atoms with E-state index in [4.69, 9.17) is 11.6 Å². The third kappa shape index (κ3) is 2.10. The Morgan fingerprint density at radius 1 is 1.31 bits per heavy atom. The summed E-state index contributed by atoms with van der Waals surface area (Å²) in [5, 5.41) is -0.421. The number of ether oxygens (including phenoxy) is 1. The Bertz CT molecular complexity index is 289. The first-order chi connectivity index (χ1) is 6.06. The highest BCUT2D eigenvalue weighted by Gasteiger charge is 2.13. The maximum Gasteiger partial charge on any atom is 0.190 e. The minimum absolute atomic E-state index is 0.374. The molecule has 0 fully saturated rings. The van der Waals surface area contributed by atoms with Gasteiger partial charge in [0.15, 0.2) is 17.4 Å². The van der Waals surface area contributed by atoms with Gasteiger partial charge in [0.25, 0.3) is 0 Å². The summed E-state index contributed by atoms with van der Waals surface area (Å²) in [6, 6.07) is 2.33. The molecule has 1 rings (SSSR count). The Morgan fingerprint density at radius 2 is 1.77 bits per heavy atom. The molecule has 0 radical (unpaired) electrons. The van der Waals surface area contributed by atoms with E-state index in [1.54, 1.807) is 6.92 Å². The van der Waals surface area contributed by atoms with Crippen molar-refractivity contribution >= 4 is 11.6 Å². The average molecular weight is 207 g/mol. The van der Waals surface area contributed by atoms with Crippen LogP contribution < -0.4 is 4.74 Å². The number of hydrogen-bond donors (Lipinski definition) is 0. The first kappa shape index (κ1) is 10.3. The zero-order chi connectivity index (χ0) is 10.0. The minimum Gasteiger partial charge on any atom is -0.491 e. The fourth-order valence-corrected chi connectivity index (χ4v) is 1.13. The van der Waals surface area contributed by atoms with Crippen LogP contribution in [0.15, 0.2) is 12.1 Å². The third-order valence-corrected chi connectivity index (χ3v) is 1.94. The molecule has 0 aromatic heterocycles. The van der Waals surface area contributed by atoms with Crippen LogP contribution in [0.2, 0.25) is 0 Å². The lowest BCUT2D eigenvalue weighted by Gasteiger charge is -2.07. The van der Waals surface area contributed by atoms with E-state index in [0.717, 1.165) is 0 Å². The highest BCUT2D eigenvalue weighted by Crippen LogP contribution is 2.27. The predicted octanol–water partition coefficient (Wildman–Crippen LogP) is 3.27. The number of benzene rings is 1. The van der Waals surface area contributed by atoms with Crippen molar-refractivity contribution in [1.82, 2.24) is 0 Å². The van der Waals surface area contributed by atoms with Gasteiger partial charge in [-0.15, -0.1) is 11.6 Å². The quantitative estimate of drug-likeness (QED) is 0.675. The summed E-state index contributed by atoms with van der Waals surface area (Å²) in [7, 11) is 1.21. The van der Waals surface area contributed by atoms with E-state index >= 15 is 0 Å². The van der Waals surface area contributed by atoms with Crippen LogP contribution in [-0.2, 0) is 0 Å². The molecule has 0 aliphatic rings. The molecule has 1 aromatic rings. The maximum absolute atomic E-state index is 13.0. The van der Waals surface area contributed by atoms with Crippen molar-refractivity contribution in [2.75, 3.05) is 7.11 Å².